The summed E-state index contributed by atoms with van der Waals surface area (Å²) in [4.78, 5) is 126. The van der Waals surface area contributed by atoms with Crippen LogP contribution in [0.5, 0.6) is 0 Å². The minimum Gasteiger partial charge on any atom is -0.408 e. The minimum atomic E-state index is -3.64. The maximum atomic E-state index is 12.1. The SMILES string of the molecule is Cc1ccc(/C=C/C2=NS(=O)(=O)c3ccccc3N2)cc1C.Cc1ccc(/C=C/c2nc3ccccc3c(=O)o2)cc1C.Cc1ccc(/C=C/c2nc3ncccc3c(=O)o2)cc1C.Cc1ccc(/C=C/c2nc3ncncc3c(=O)[nH]2)cc1C.Cc1ccc(/C=C/c2nc3nnccc3c(=O)[nH]2)cc1C.Cc1ccc(C2CC2c2nc3ccncc3c(=O)[nH]2)cc1C.Cc1ccc(C2CC2c2nc3cnccc3c(=O)o2)cc1C. The topological polar surface area (TPSA) is 415 Å². The normalized spacial score (nSPS) is 14.6. The number of rotatable bonds is 14. The van der Waals surface area contributed by atoms with Gasteiger partial charge in [0.2, 0.25) is 17.7 Å². The number of aromatic nitrogens is 16. The molecule has 29 nitrogen and oxygen atoms in total. The predicted octanol–water partition coefficient (Wildman–Crippen LogP) is 22.6. The van der Waals surface area contributed by atoms with Crippen molar-refractivity contribution in [2.75, 3.05) is 5.32 Å². The van der Waals surface area contributed by atoms with Crippen molar-refractivity contribution in [1.29, 1.82) is 0 Å². The van der Waals surface area contributed by atoms with Gasteiger partial charge in [0.1, 0.15) is 45.3 Å². The van der Waals surface area contributed by atoms with Crippen LogP contribution < -0.4 is 38.9 Å². The lowest BCUT2D eigenvalue weighted by Gasteiger charge is -2.15. The first-order valence-corrected chi connectivity index (χ1v) is 50.0. The molecule has 4 N–H and O–H groups in total. The summed E-state index contributed by atoms with van der Waals surface area (Å²) < 4.78 is 43.9. The second-order valence-corrected chi connectivity index (χ2v) is 38.7. The molecular formula is C120H106N18O11S. The highest BCUT2D eigenvalue weighted by molar-refractivity contribution is 7.90. The molecule has 4 atom stereocenters. The molecule has 0 amide bonds. The van der Waals surface area contributed by atoms with Crippen LogP contribution in [0.4, 0.5) is 5.69 Å². The van der Waals surface area contributed by atoms with Gasteiger partial charge in [0.05, 0.1) is 56.2 Å². The van der Waals surface area contributed by atoms with Gasteiger partial charge in [-0.3, -0.25) is 24.4 Å². The molecule has 748 valence electrons. The van der Waals surface area contributed by atoms with E-state index in [0.717, 1.165) is 52.0 Å². The van der Waals surface area contributed by atoms with Crippen molar-refractivity contribution in [3.63, 3.8) is 0 Å². The molecule has 2 saturated carbocycles. The first-order valence-electron chi connectivity index (χ1n) is 48.5. The number of amidine groups is 1. The number of aryl methyl sites for hydroxylation is 14. The van der Waals surface area contributed by atoms with Gasteiger partial charge < -0.3 is 33.5 Å². The summed E-state index contributed by atoms with van der Waals surface area (Å²) in [5.41, 5.74) is 27.4. The zero-order valence-corrected chi connectivity index (χ0v) is 85.7. The zero-order chi connectivity index (χ0) is 106. The van der Waals surface area contributed by atoms with E-state index in [4.69, 9.17) is 13.3 Å². The fourth-order valence-corrected chi connectivity index (χ4v) is 17.6. The van der Waals surface area contributed by atoms with Gasteiger partial charge in [-0.05, 0) is 323 Å². The molecule has 20 aromatic rings. The van der Waals surface area contributed by atoms with E-state index in [1.54, 1.807) is 134 Å². The lowest BCUT2D eigenvalue weighted by atomic mass is 10.0. The zero-order valence-electron chi connectivity index (χ0n) is 84.9. The fraction of sp³-hybridized carbons (Fsp3) is 0.167. The van der Waals surface area contributed by atoms with Gasteiger partial charge in [0.25, 0.3) is 26.7 Å². The standard InChI is InChI=1S/C18H17N3O.C18H16N2O2.C18H15NO2.C17H16N2O2S.C17H14N2O2.2C16H14N4O/c1-10-3-4-12(7-11(10)2)13-8-14(13)17-20-16-5-6-19-9-15(16)18(22)21-17;1-10-3-4-12(7-11(10)2)14-8-15(14)17-20-16-9-19-6-5-13(16)18(21)22-17;1-12-7-8-14(11-13(12)2)9-10-17-19-16-6-4-3-5-15(16)18(20)21-17;1-12-7-8-14(11-13(12)2)9-10-17-18-15-5-3-4-6-16(15)22(20,21)19-17;1-11-5-6-13(10-12(11)2)7-8-15-19-16-14(17(20)21-15)4-3-9-18-16;1-10-3-4-12(7-11(10)2)5-6-14-19-15-13(16(21)20-14)8-17-9-18-15;1-10-3-4-12(9-11(10)2)5-6-14-18-15-13(16(21)19-14)7-8-17-20-15/h3-7,9,13-14H,8H2,1-2H3,(H,20,21,22);3-7,9,14-15H,8H2,1-2H3;3-11H,1-2H3;3-11H,1-2H3,(H,18,19);3-10H,1-2H3;3-9H,1-2H3,(H,17,18,19,20,21);3-9H,1-2H3,(H,18,19,20,21)/b;;2*10-9+;8-7+;2*6-5+. The number of nitrogens with one attached hydrogen (secondary N) is 4. The molecule has 12 heterocycles. The Bertz CT molecular complexity index is 8570. The van der Waals surface area contributed by atoms with E-state index in [9.17, 15) is 37.2 Å². The first kappa shape index (κ1) is 103. The maximum Gasteiger partial charge on any atom is 0.348 e. The van der Waals surface area contributed by atoms with Crippen LogP contribution in [0.15, 0.2) is 313 Å². The van der Waals surface area contributed by atoms with Crippen molar-refractivity contribution in [1.82, 2.24) is 80.0 Å². The predicted molar refractivity (Wildman–Crippen MR) is 594 cm³/mol. The molecule has 0 saturated heterocycles. The van der Waals surface area contributed by atoms with Gasteiger partial charge in [-0.2, -0.15) is 18.5 Å². The number of anilines is 1. The Labute approximate surface area is 862 Å². The summed E-state index contributed by atoms with van der Waals surface area (Å²) in [6, 6.07) is 66.2. The number of fused-ring (bicyclic) bond motifs is 7. The second kappa shape index (κ2) is 45.9. The summed E-state index contributed by atoms with van der Waals surface area (Å²) in [6.07, 6.45) is 32.4. The third-order valence-corrected chi connectivity index (χ3v) is 27.7. The highest BCUT2D eigenvalue weighted by atomic mass is 32.2. The molecule has 9 aromatic carbocycles. The highest BCUT2D eigenvalue weighted by Crippen LogP contribution is 2.55. The average Bonchev–Trinajstić information content (AvgIpc) is 1.61. The molecule has 2 fully saturated rings. The van der Waals surface area contributed by atoms with Crippen molar-refractivity contribution >= 4 is 142 Å². The van der Waals surface area contributed by atoms with E-state index in [0.29, 0.717) is 113 Å². The number of aromatic amines is 3. The molecule has 0 bridgehead atoms. The Morgan fingerprint density at radius 1 is 0.320 bits per heavy atom. The third kappa shape index (κ3) is 25.5. The van der Waals surface area contributed by atoms with Gasteiger partial charge >= 0.3 is 16.9 Å². The van der Waals surface area contributed by atoms with Crippen molar-refractivity contribution in [2.24, 2.45) is 4.40 Å². The van der Waals surface area contributed by atoms with E-state index in [-0.39, 0.29) is 44.6 Å². The number of pyridine rings is 3. The number of sulfonamides is 1. The molecule has 0 radical (unpaired) electrons. The van der Waals surface area contributed by atoms with E-state index in [1.165, 1.54) is 108 Å². The number of hydrogen-bond donors (Lipinski definition) is 4. The molecule has 30 heteroatoms. The minimum absolute atomic E-state index is 0.0983. The molecule has 2 aliphatic carbocycles. The van der Waals surface area contributed by atoms with Gasteiger partial charge in [-0.25, -0.2) is 54.3 Å². The van der Waals surface area contributed by atoms with Crippen LogP contribution in [0.1, 0.15) is 188 Å². The molecule has 150 heavy (non-hydrogen) atoms. The molecule has 1 aliphatic heterocycles. The van der Waals surface area contributed by atoms with Crippen molar-refractivity contribution in [3.05, 3.63) is 476 Å². The lowest BCUT2D eigenvalue weighted by molar-refractivity contribution is 0.444. The van der Waals surface area contributed by atoms with Crippen LogP contribution in [0, 0.1) is 96.9 Å². The van der Waals surface area contributed by atoms with Crippen LogP contribution in [0.2, 0.25) is 0 Å². The van der Waals surface area contributed by atoms with Gasteiger partial charge in [0.15, 0.2) is 16.9 Å². The first-order chi connectivity index (χ1) is 72.2. The number of benzene rings is 9. The molecule has 23 rings (SSSR count). The van der Waals surface area contributed by atoms with Crippen molar-refractivity contribution in [3.8, 4) is 0 Å². The summed E-state index contributed by atoms with van der Waals surface area (Å²) in [5.74, 6) is 4.52. The fourth-order valence-electron chi connectivity index (χ4n) is 16.4. The number of H-pyrrole nitrogens is 3. The van der Waals surface area contributed by atoms with Gasteiger partial charge in [0, 0.05) is 55.0 Å². The van der Waals surface area contributed by atoms with E-state index in [1.807, 2.05) is 79.8 Å². The Balaban J connectivity index is 0.000000119. The van der Waals surface area contributed by atoms with E-state index >= 15 is 0 Å². The second-order valence-electron chi connectivity index (χ2n) is 37.1. The Hall–Kier alpha value is -18.5. The number of nitrogens with zero attached hydrogens (tertiary/aromatic N) is 14. The van der Waals surface area contributed by atoms with Crippen LogP contribution in [-0.2, 0) is 10.0 Å². The van der Waals surface area contributed by atoms with Crippen LogP contribution in [-0.4, -0.2) is 94.2 Å². The molecule has 3 aliphatic rings. The Morgan fingerprint density at radius 3 is 1.35 bits per heavy atom. The van der Waals surface area contributed by atoms with Crippen molar-refractivity contribution < 1.29 is 21.7 Å². The Kier molecular flexibility index (Phi) is 31.5. The molecule has 11 aromatic heterocycles. The quantitative estimate of drug-likeness (QED) is 0.0785. The van der Waals surface area contributed by atoms with Crippen LogP contribution in [0.3, 0.4) is 0 Å². The van der Waals surface area contributed by atoms with Gasteiger partial charge in [-0.15, -0.1) is 9.50 Å². The highest BCUT2D eigenvalue weighted by Gasteiger charge is 2.44. The van der Waals surface area contributed by atoms with Crippen LogP contribution >= 0.6 is 0 Å². The largest absolute Gasteiger partial charge is 0.408 e. The summed E-state index contributed by atoms with van der Waals surface area (Å²) in [6.45, 7) is 29.2. The summed E-state index contributed by atoms with van der Waals surface area (Å²) >= 11 is 0. The van der Waals surface area contributed by atoms with E-state index in [2.05, 4.69) is 271 Å². The maximum absolute atomic E-state index is 12.1. The summed E-state index contributed by atoms with van der Waals surface area (Å²) in [7, 11) is -3.64. The van der Waals surface area contributed by atoms with Crippen molar-refractivity contribution in [2.45, 2.75) is 138 Å². The molecular weight excluding hydrogens is 1900 g/mol. The lowest BCUT2D eigenvalue weighted by Crippen LogP contribution is -2.19. The smallest absolute Gasteiger partial charge is 0.348 e. The molecule has 4 unspecified atom stereocenters. The number of hydrogen-bond acceptors (Lipinski definition) is 25. The molecule has 0 spiro atoms. The summed E-state index contributed by atoms with van der Waals surface area (Å²) in [5, 5.41) is 13.4. The third-order valence-electron chi connectivity index (χ3n) is 26.4. The number of para-hydroxylation sites is 2. The Morgan fingerprint density at radius 2 is 0.767 bits per heavy atom. The van der Waals surface area contributed by atoms with E-state index < -0.39 is 15.6 Å². The van der Waals surface area contributed by atoms with Crippen LogP contribution in [0.25, 0.3) is 120 Å². The van der Waals surface area contributed by atoms with Gasteiger partial charge in [-0.1, -0.05) is 170 Å². The monoisotopic (exact) mass is 2010 g/mol. The average molecular weight is 2010 g/mol.